The number of unbranched alkanes of at least 4 members (excludes halogenated alkanes) is 1. The summed E-state index contributed by atoms with van der Waals surface area (Å²) >= 11 is 0. The lowest BCUT2D eigenvalue weighted by molar-refractivity contribution is -0.140. The van der Waals surface area contributed by atoms with Gasteiger partial charge in [0.25, 0.3) is 0 Å². The van der Waals surface area contributed by atoms with Gasteiger partial charge in [-0.3, -0.25) is 0 Å². The van der Waals surface area contributed by atoms with Crippen LogP contribution in [0.4, 0.5) is 0 Å². The minimum Gasteiger partial charge on any atom is -0.381 e. The maximum atomic E-state index is 5.53. The molecule has 1 fully saturated rings. The van der Waals surface area contributed by atoms with E-state index in [-0.39, 0.29) is 0 Å². The molecule has 2 nitrogen and oxygen atoms in total. The summed E-state index contributed by atoms with van der Waals surface area (Å²) < 4.78 is 10.9. The van der Waals surface area contributed by atoms with E-state index in [1.54, 1.807) is 0 Å². The molecular formula is C10H20O2. The highest BCUT2D eigenvalue weighted by atomic mass is 16.5. The van der Waals surface area contributed by atoms with Crippen molar-refractivity contribution in [1.82, 2.24) is 0 Å². The zero-order valence-electron chi connectivity index (χ0n) is 8.21. The Morgan fingerprint density at radius 3 is 2.75 bits per heavy atom. The summed E-state index contributed by atoms with van der Waals surface area (Å²) in [6.45, 7) is 7.08. The van der Waals surface area contributed by atoms with Crippen LogP contribution in [0.3, 0.4) is 0 Å². The third-order valence-electron chi connectivity index (χ3n) is 2.43. The van der Waals surface area contributed by atoms with Gasteiger partial charge in [-0.25, -0.2) is 0 Å². The second-order valence-corrected chi connectivity index (χ2v) is 3.47. The van der Waals surface area contributed by atoms with Gasteiger partial charge in [-0.15, -0.1) is 0 Å². The predicted molar refractivity (Wildman–Crippen MR) is 49.2 cm³/mol. The molecule has 1 aliphatic rings. The first-order valence-corrected chi connectivity index (χ1v) is 5.07. The molecule has 72 valence electrons. The fourth-order valence-corrected chi connectivity index (χ4v) is 1.46. The highest BCUT2D eigenvalue weighted by Crippen LogP contribution is 2.23. The Balaban J connectivity index is 1.93. The summed E-state index contributed by atoms with van der Waals surface area (Å²) in [6, 6.07) is 0. The Morgan fingerprint density at radius 2 is 2.25 bits per heavy atom. The van der Waals surface area contributed by atoms with Crippen molar-refractivity contribution in [2.24, 2.45) is 5.92 Å². The maximum Gasteiger partial charge on any atom is 0.0645 e. The molecule has 0 bridgehead atoms. The number of ether oxygens (including phenoxy) is 2. The standard InChI is InChI=1S/C10H20O2/c1-3-5-6-11-7-9-8-12-10(9)4-2/h9-10H,3-8H2,1-2H3. The van der Waals surface area contributed by atoms with Crippen molar-refractivity contribution < 1.29 is 9.47 Å². The van der Waals surface area contributed by atoms with Crippen molar-refractivity contribution in [2.75, 3.05) is 19.8 Å². The average Bonchev–Trinajstić information content (AvgIpc) is 2.03. The molecule has 1 rings (SSSR count). The molecule has 2 heteroatoms. The maximum absolute atomic E-state index is 5.53. The summed E-state index contributed by atoms with van der Waals surface area (Å²) in [6.07, 6.45) is 4.01. The van der Waals surface area contributed by atoms with Crippen molar-refractivity contribution in [3.05, 3.63) is 0 Å². The molecule has 0 saturated carbocycles. The molecule has 0 aromatic carbocycles. The smallest absolute Gasteiger partial charge is 0.0645 e. The van der Waals surface area contributed by atoms with E-state index in [9.17, 15) is 0 Å². The van der Waals surface area contributed by atoms with Crippen LogP contribution in [-0.4, -0.2) is 25.9 Å². The van der Waals surface area contributed by atoms with Crippen LogP contribution in [0.15, 0.2) is 0 Å². The summed E-state index contributed by atoms with van der Waals surface area (Å²) in [5, 5.41) is 0. The molecule has 2 unspecified atom stereocenters. The quantitative estimate of drug-likeness (QED) is 0.572. The Morgan fingerprint density at radius 1 is 1.42 bits per heavy atom. The van der Waals surface area contributed by atoms with Gasteiger partial charge in [0.2, 0.25) is 0 Å². The molecular weight excluding hydrogens is 152 g/mol. The van der Waals surface area contributed by atoms with Crippen LogP contribution in [-0.2, 0) is 9.47 Å². The van der Waals surface area contributed by atoms with E-state index in [0.29, 0.717) is 12.0 Å². The van der Waals surface area contributed by atoms with Gasteiger partial charge >= 0.3 is 0 Å². The lowest BCUT2D eigenvalue weighted by Gasteiger charge is -2.35. The van der Waals surface area contributed by atoms with Crippen molar-refractivity contribution in [2.45, 2.75) is 39.2 Å². The minimum atomic E-state index is 0.478. The summed E-state index contributed by atoms with van der Waals surface area (Å²) in [5.74, 6) is 0.673. The van der Waals surface area contributed by atoms with Crippen LogP contribution in [0.25, 0.3) is 0 Å². The van der Waals surface area contributed by atoms with E-state index >= 15 is 0 Å². The third kappa shape index (κ3) is 2.76. The topological polar surface area (TPSA) is 18.5 Å². The number of hydrogen-bond donors (Lipinski definition) is 0. The van der Waals surface area contributed by atoms with Crippen LogP contribution < -0.4 is 0 Å². The van der Waals surface area contributed by atoms with E-state index < -0.39 is 0 Å². The second kappa shape index (κ2) is 5.55. The molecule has 0 aromatic rings. The van der Waals surface area contributed by atoms with Gasteiger partial charge in [0.05, 0.1) is 19.3 Å². The Hall–Kier alpha value is -0.0800. The molecule has 0 N–H and O–H groups in total. The van der Waals surface area contributed by atoms with Gasteiger partial charge in [0.15, 0.2) is 0 Å². The minimum absolute atomic E-state index is 0.478. The van der Waals surface area contributed by atoms with E-state index in [4.69, 9.17) is 9.47 Å². The van der Waals surface area contributed by atoms with Crippen LogP contribution >= 0.6 is 0 Å². The largest absolute Gasteiger partial charge is 0.381 e. The van der Waals surface area contributed by atoms with E-state index in [0.717, 1.165) is 26.2 Å². The van der Waals surface area contributed by atoms with Gasteiger partial charge in [-0.05, 0) is 12.8 Å². The monoisotopic (exact) mass is 172 g/mol. The van der Waals surface area contributed by atoms with Gasteiger partial charge in [-0.2, -0.15) is 0 Å². The average molecular weight is 172 g/mol. The van der Waals surface area contributed by atoms with Crippen LogP contribution in [0.2, 0.25) is 0 Å². The molecule has 0 radical (unpaired) electrons. The first-order chi connectivity index (χ1) is 5.88. The Kier molecular flexibility index (Phi) is 4.62. The van der Waals surface area contributed by atoms with Crippen molar-refractivity contribution in [1.29, 1.82) is 0 Å². The number of hydrogen-bond acceptors (Lipinski definition) is 2. The van der Waals surface area contributed by atoms with Gasteiger partial charge in [0.1, 0.15) is 0 Å². The lowest BCUT2D eigenvalue weighted by Crippen LogP contribution is -2.42. The molecule has 1 saturated heterocycles. The Labute approximate surface area is 75.2 Å². The van der Waals surface area contributed by atoms with Crippen molar-refractivity contribution in [3.8, 4) is 0 Å². The SMILES string of the molecule is CCCCOCC1COC1CC. The van der Waals surface area contributed by atoms with E-state index in [2.05, 4.69) is 13.8 Å². The zero-order chi connectivity index (χ0) is 8.81. The van der Waals surface area contributed by atoms with Crippen LogP contribution in [0.1, 0.15) is 33.1 Å². The first kappa shape index (κ1) is 10.0. The highest BCUT2D eigenvalue weighted by molar-refractivity contribution is 4.76. The fraction of sp³-hybridized carbons (Fsp3) is 1.00. The fourth-order valence-electron chi connectivity index (χ4n) is 1.46. The molecule has 0 spiro atoms. The third-order valence-corrected chi connectivity index (χ3v) is 2.43. The van der Waals surface area contributed by atoms with E-state index in [1.165, 1.54) is 12.8 Å². The normalized spacial score (nSPS) is 28.5. The first-order valence-electron chi connectivity index (χ1n) is 5.07. The van der Waals surface area contributed by atoms with Gasteiger partial charge < -0.3 is 9.47 Å². The Bertz CT molecular complexity index is 112. The molecule has 12 heavy (non-hydrogen) atoms. The zero-order valence-corrected chi connectivity index (χ0v) is 8.21. The van der Waals surface area contributed by atoms with Crippen molar-refractivity contribution >= 4 is 0 Å². The highest BCUT2D eigenvalue weighted by Gasteiger charge is 2.30. The molecule has 0 aliphatic carbocycles. The molecule has 1 heterocycles. The molecule has 0 amide bonds. The summed E-state index contributed by atoms with van der Waals surface area (Å²) in [5.41, 5.74) is 0. The van der Waals surface area contributed by atoms with Crippen LogP contribution in [0, 0.1) is 5.92 Å². The van der Waals surface area contributed by atoms with Crippen molar-refractivity contribution in [3.63, 3.8) is 0 Å². The summed E-state index contributed by atoms with van der Waals surface area (Å²) in [4.78, 5) is 0. The molecule has 0 aromatic heterocycles. The van der Waals surface area contributed by atoms with Crippen LogP contribution in [0.5, 0.6) is 0 Å². The lowest BCUT2D eigenvalue weighted by atomic mass is 9.97. The van der Waals surface area contributed by atoms with Gasteiger partial charge in [-0.1, -0.05) is 20.3 Å². The molecule has 2 atom stereocenters. The second-order valence-electron chi connectivity index (χ2n) is 3.47. The van der Waals surface area contributed by atoms with E-state index in [1.807, 2.05) is 0 Å². The summed E-state index contributed by atoms with van der Waals surface area (Å²) in [7, 11) is 0. The molecule has 1 aliphatic heterocycles. The number of rotatable bonds is 6. The predicted octanol–water partition coefficient (Wildman–Crippen LogP) is 2.23. The van der Waals surface area contributed by atoms with Gasteiger partial charge in [0, 0.05) is 12.5 Å².